The number of thioether (sulfide) groups is 2. The average Bonchev–Trinajstić information content (AvgIpc) is 2.94. The number of hydrogen-bond donors (Lipinski definition) is 0. The summed E-state index contributed by atoms with van der Waals surface area (Å²) in [6.45, 7) is 7.33. The van der Waals surface area contributed by atoms with Crippen LogP contribution in [0.1, 0.15) is 13.3 Å². The maximum Gasteiger partial charge on any atom is 0.237 e. The molecule has 1 amide bonds. The molecule has 0 fully saturated rings. The first-order valence-electron chi connectivity index (χ1n) is 7.86. The fourth-order valence-electron chi connectivity index (χ4n) is 2.57. The lowest BCUT2D eigenvalue weighted by Gasteiger charge is -2.22. The molecule has 1 aliphatic rings. The summed E-state index contributed by atoms with van der Waals surface area (Å²) in [5, 5.41) is 9.24. The largest absolute Gasteiger partial charge is 0.311 e. The molecular formula is C17H20N4OS2. The third-order valence-electron chi connectivity index (χ3n) is 3.78. The second kappa shape index (κ2) is 7.90. The minimum Gasteiger partial charge on any atom is -0.311 e. The lowest BCUT2D eigenvalue weighted by atomic mass is 10.2. The van der Waals surface area contributed by atoms with Crippen molar-refractivity contribution < 1.29 is 4.79 Å². The Hall–Kier alpha value is -1.73. The van der Waals surface area contributed by atoms with Crippen LogP contribution in [0, 0.1) is 0 Å². The van der Waals surface area contributed by atoms with E-state index in [-0.39, 0.29) is 5.91 Å². The van der Waals surface area contributed by atoms with Crippen LogP contribution in [0.2, 0.25) is 0 Å². The molecule has 2 heterocycles. The zero-order valence-electron chi connectivity index (χ0n) is 13.6. The van der Waals surface area contributed by atoms with Crippen LogP contribution in [-0.2, 0) is 11.3 Å². The van der Waals surface area contributed by atoms with Gasteiger partial charge in [-0.05, 0) is 18.6 Å². The zero-order valence-corrected chi connectivity index (χ0v) is 15.2. The first-order valence-corrected chi connectivity index (χ1v) is 9.73. The summed E-state index contributed by atoms with van der Waals surface area (Å²) in [5.74, 6) is 0.457. The molecule has 1 unspecified atom stereocenters. The lowest BCUT2D eigenvalue weighted by molar-refractivity contribution is -0.116. The number of benzene rings is 1. The molecule has 0 N–H and O–H groups in total. The Morgan fingerprint density at radius 1 is 1.50 bits per heavy atom. The van der Waals surface area contributed by atoms with E-state index in [0.717, 1.165) is 23.8 Å². The molecule has 0 bridgehead atoms. The van der Waals surface area contributed by atoms with Gasteiger partial charge in [0.1, 0.15) is 6.33 Å². The third kappa shape index (κ3) is 3.84. The Bertz CT molecular complexity index is 731. The summed E-state index contributed by atoms with van der Waals surface area (Å²) in [7, 11) is 0. The van der Waals surface area contributed by atoms with E-state index in [0.29, 0.717) is 17.5 Å². The smallest absolute Gasteiger partial charge is 0.237 e. The second-order valence-electron chi connectivity index (χ2n) is 5.57. The number of hydrogen-bond acceptors (Lipinski definition) is 5. The van der Waals surface area contributed by atoms with Gasteiger partial charge in [-0.1, -0.05) is 36.9 Å². The van der Waals surface area contributed by atoms with E-state index in [2.05, 4.69) is 29.8 Å². The van der Waals surface area contributed by atoms with Crippen molar-refractivity contribution in [3.8, 4) is 0 Å². The molecule has 3 rings (SSSR count). The first-order chi connectivity index (χ1) is 11.7. The maximum absolute atomic E-state index is 12.8. The highest BCUT2D eigenvalue weighted by molar-refractivity contribution is 8.00. The van der Waals surface area contributed by atoms with Gasteiger partial charge < -0.3 is 9.47 Å². The molecule has 1 aliphatic heterocycles. The highest BCUT2D eigenvalue weighted by atomic mass is 32.2. The van der Waals surface area contributed by atoms with Crippen molar-refractivity contribution >= 4 is 35.1 Å². The molecule has 0 saturated heterocycles. The summed E-state index contributed by atoms with van der Waals surface area (Å²) in [6, 6.07) is 8.14. The van der Waals surface area contributed by atoms with E-state index in [4.69, 9.17) is 0 Å². The SMILES string of the molecule is C=CCn1cnnc1SCC(=O)N1CCC(C)Sc2ccccc21. The fourth-order valence-corrected chi connectivity index (χ4v) is 4.48. The van der Waals surface area contributed by atoms with Gasteiger partial charge in [0.05, 0.1) is 11.4 Å². The number of carbonyl (C=O) groups excluding carboxylic acids is 1. The molecule has 24 heavy (non-hydrogen) atoms. The molecule has 0 saturated carbocycles. The van der Waals surface area contributed by atoms with Crippen molar-refractivity contribution in [1.29, 1.82) is 0 Å². The molecule has 0 spiro atoms. The van der Waals surface area contributed by atoms with Gasteiger partial charge >= 0.3 is 0 Å². The van der Waals surface area contributed by atoms with Crippen LogP contribution in [-0.4, -0.2) is 38.2 Å². The van der Waals surface area contributed by atoms with Gasteiger partial charge in [0.15, 0.2) is 5.16 Å². The average molecular weight is 361 g/mol. The van der Waals surface area contributed by atoms with E-state index in [9.17, 15) is 4.79 Å². The van der Waals surface area contributed by atoms with Crippen LogP contribution in [0.5, 0.6) is 0 Å². The molecule has 1 aromatic carbocycles. The molecule has 2 aromatic rings. The number of amides is 1. The summed E-state index contributed by atoms with van der Waals surface area (Å²) >= 11 is 3.26. The van der Waals surface area contributed by atoms with Crippen molar-refractivity contribution in [1.82, 2.24) is 14.8 Å². The molecule has 126 valence electrons. The molecule has 1 aromatic heterocycles. The van der Waals surface area contributed by atoms with Crippen LogP contribution in [0.3, 0.4) is 0 Å². The van der Waals surface area contributed by atoms with E-state index in [1.165, 1.54) is 16.7 Å². The highest BCUT2D eigenvalue weighted by Gasteiger charge is 2.24. The molecule has 5 nitrogen and oxygen atoms in total. The number of allylic oxidation sites excluding steroid dienone is 1. The Kier molecular flexibility index (Phi) is 5.63. The summed E-state index contributed by atoms with van der Waals surface area (Å²) < 4.78 is 1.89. The third-order valence-corrected chi connectivity index (χ3v) is 5.98. The van der Waals surface area contributed by atoms with Crippen LogP contribution in [0.25, 0.3) is 0 Å². The molecule has 7 heteroatoms. The van der Waals surface area contributed by atoms with Crippen LogP contribution in [0.15, 0.2) is 53.3 Å². The van der Waals surface area contributed by atoms with Crippen LogP contribution >= 0.6 is 23.5 Å². The van der Waals surface area contributed by atoms with Crippen molar-refractivity contribution in [2.75, 3.05) is 17.2 Å². The second-order valence-corrected chi connectivity index (χ2v) is 8.00. The van der Waals surface area contributed by atoms with Gasteiger partial charge in [-0.25, -0.2) is 0 Å². The summed E-state index contributed by atoms with van der Waals surface area (Å²) in [5.41, 5.74) is 1.02. The van der Waals surface area contributed by atoms with Gasteiger partial charge in [-0.3, -0.25) is 4.79 Å². The van der Waals surface area contributed by atoms with E-state index in [1.54, 1.807) is 12.4 Å². The van der Waals surface area contributed by atoms with Gasteiger partial charge in [-0.2, -0.15) is 0 Å². The van der Waals surface area contributed by atoms with E-state index in [1.807, 2.05) is 39.4 Å². The predicted octanol–water partition coefficient (Wildman–Crippen LogP) is 3.47. The normalized spacial score (nSPS) is 17.2. The number of rotatable bonds is 5. The minimum atomic E-state index is 0.107. The van der Waals surface area contributed by atoms with E-state index >= 15 is 0 Å². The number of aromatic nitrogens is 3. The maximum atomic E-state index is 12.8. The first kappa shape index (κ1) is 17.1. The summed E-state index contributed by atoms with van der Waals surface area (Å²) in [6.07, 6.45) is 4.44. The Balaban J connectivity index is 1.72. The standard InChI is InChI=1S/C17H20N4OS2/c1-3-9-20-12-18-19-17(20)23-11-16(22)21-10-8-13(2)24-15-7-5-4-6-14(15)21/h3-7,12-13H,1,8-11H2,2H3. The van der Waals surface area contributed by atoms with Gasteiger partial charge in [0.2, 0.25) is 5.91 Å². The van der Waals surface area contributed by atoms with Gasteiger partial charge in [-0.15, -0.1) is 28.5 Å². The van der Waals surface area contributed by atoms with Gasteiger partial charge in [0.25, 0.3) is 0 Å². The number of carbonyl (C=O) groups is 1. The molecular weight excluding hydrogens is 340 g/mol. The number of fused-ring (bicyclic) bond motifs is 1. The van der Waals surface area contributed by atoms with E-state index < -0.39 is 0 Å². The van der Waals surface area contributed by atoms with Crippen LogP contribution in [0.4, 0.5) is 5.69 Å². The van der Waals surface area contributed by atoms with Crippen molar-refractivity contribution in [3.05, 3.63) is 43.2 Å². The monoisotopic (exact) mass is 360 g/mol. The lowest BCUT2D eigenvalue weighted by Crippen LogP contribution is -2.33. The minimum absolute atomic E-state index is 0.107. The Labute approximate surface area is 150 Å². The number of nitrogens with zero attached hydrogens (tertiary/aromatic N) is 4. The van der Waals surface area contributed by atoms with Crippen molar-refractivity contribution in [2.24, 2.45) is 0 Å². The number of anilines is 1. The van der Waals surface area contributed by atoms with Gasteiger partial charge in [0, 0.05) is 23.2 Å². The van der Waals surface area contributed by atoms with Crippen molar-refractivity contribution in [3.63, 3.8) is 0 Å². The molecule has 0 aliphatic carbocycles. The van der Waals surface area contributed by atoms with Crippen LogP contribution < -0.4 is 4.90 Å². The quantitative estimate of drug-likeness (QED) is 0.604. The predicted molar refractivity (Wildman–Crippen MR) is 99.7 cm³/mol. The topological polar surface area (TPSA) is 51.0 Å². The highest BCUT2D eigenvalue weighted by Crippen LogP contribution is 2.37. The number of para-hydroxylation sites is 1. The molecule has 0 radical (unpaired) electrons. The Morgan fingerprint density at radius 3 is 3.17 bits per heavy atom. The zero-order chi connectivity index (χ0) is 16.9. The molecule has 1 atom stereocenters. The summed E-state index contributed by atoms with van der Waals surface area (Å²) in [4.78, 5) is 15.9. The van der Waals surface area contributed by atoms with Crippen molar-refractivity contribution in [2.45, 2.75) is 35.2 Å². The fraction of sp³-hybridized carbons (Fsp3) is 0.353. The Morgan fingerprint density at radius 2 is 2.33 bits per heavy atom.